The van der Waals surface area contributed by atoms with Gasteiger partial charge in [-0.15, -0.1) is 0 Å². The zero-order valence-electron chi connectivity index (χ0n) is 35.2. The molecule has 3 heteroatoms. The van der Waals surface area contributed by atoms with Crippen LogP contribution in [0.4, 0.5) is 17.1 Å². The van der Waals surface area contributed by atoms with Crippen molar-refractivity contribution in [1.29, 1.82) is 0 Å². The van der Waals surface area contributed by atoms with Crippen molar-refractivity contribution < 1.29 is 14.0 Å². The molecule has 11 rings (SSSR count). The predicted molar refractivity (Wildman–Crippen MR) is 223 cm³/mol. The van der Waals surface area contributed by atoms with E-state index in [2.05, 4.69) is 53.1 Å². The molecule has 11 aromatic rings. The Bertz CT molecular complexity index is 3530. The molecular formula is C50H32N2O. The Kier molecular flexibility index (Phi) is 5.18. The van der Waals surface area contributed by atoms with Crippen LogP contribution in [0.1, 0.15) is 9.60 Å². The summed E-state index contributed by atoms with van der Waals surface area (Å²) in [5, 5.41) is 6.07. The highest BCUT2D eigenvalue weighted by Crippen LogP contribution is 2.46. The topological polar surface area (TPSA) is 21.3 Å². The molecule has 0 aliphatic carbocycles. The van der Waals surface area contributed by atoms with Crippen molar-refractivity contribution in [3.05, 3.63) is 194 Å². The Morgan fingerprint density at radius 1 is 0.415 bits per heavy atom. The normalized spacial score (nSPS) is 13.6. The van der Waals surface area contributed by atoms with Gasteiger partial charge in [0, 0.05) is 54.8 Å². The lowest BCUT2D eigenvalue weighted by molar-refractivity contribution is 0.674. The Balaban J connectivity index is 1.21. The molecule has 0 radical (unpaired) electrons. The fourth-order valence-electron chi connectivity index (χ4n) is 7.94. The maximum atomic E-state index is 9.51. The van der Waals surface area contributed by atoms with Gasteiger partial charge in [-0.05, 0) is 65.3 Å². The third-order valence-corrected chi connectivity index (χ3v) is 10.3. The summed E-state index contributed by atoms with van der Waals surface area (Å²) >= 11 is 0. The first-order valence-electron chi connectivity index (χ1n) is 21.0. The third-order valence-electron chi connectivity index (χ3n) is 10.3. The van der Waals surface area contributed by atoms with E-state index in [1.54, 1.807) is 4.90 Å². The van der Waals surface area contributed by atoms with Gasteiger partial charge < -0.3 is 13.9 Å². The summed E-state index contributed by atoms with van der Waals surface area (Å²) < 4.78 is 71.8. The highest BCUT2D eigenvalue weighted by molar-refractivity contribution is 6.18. The molecule has 2 aromatic heterocycles. The van der Waals surface area contributed by atoms with Gasteiger partial charge in [0.1, 0.15) is 11.2 Å². The third kappa shape index (κ3) is 4.54. The number of hydrogen-bond donors (Lipinski definition) is 0. The maximum absolute atomic E-state index is 9.51. The standard InChI is InChI=1S/C50H32N2O/c1-3-16-37-33(13-1)15-11-26-45(37)51(35-28-30-36(31-29-35)52-46-23-8-5-18-39(46)40-19-6-9-24-47(40)52)48-25-10-7-20-41(48)42-21-12-22-43-44-32-27-34-14-2-4-17-38(34)49(44)53-50(42)43/h1-32H/i1D,3D,11D,13D,15D,16D,26D. The SMILES string of the molecule is [2H]c1c([2H])c([2H])c2c(N(c3ccc(-n4c5ccccc5c5ccccc54)cc3)c3ccccc3-c3cccc4c3oc3c5ccccc5ccc43)c([2H])c([2H])c([2H])c2c1[2H]. The van der Waals surface area contributed by atoms with Gasteiger partial charge >= 0.3 is 0 Å². The van der Waals surface area contributed by atoms with E-state index in [1.807, 2.05) is 103 Å². The Morgan fingerprint density at radius 3 is 1.89 bits per heavy atom. The minimum atomic E-state index is -0.504. The summed E-state index contributed by atoms with van der Waals surface area (Å²) in [7, 11) is 0. The minimum absolute atomic E-state index is 0.0123. The summed E-state index contributed by atoms with van der Waals surface area (Å²) in [4.78, 5) is 1.80. The van der Waals surface area contributed by atoms with Crippen LogP contribution in [-0.4, -0.2) is 4.57 Å². The molecule has 0 saturated carbocycles. The number of benzene rings is 9. The molecule has 53 heavy (non-hydrogen) atoms. The van der Waals surface area contributed by atoms with Gasteiger partial charge in [-0.3, -0.25) is 0 Å². The smallest absolute Gasteiger partial charge is 0.143 e. The van der Waals surface area contributed by atoms with Crippen LogP contribution in [0.3, 0.4) is 0 Å². The maximum Gasteiger partial charge on any atom is 0.143 e. The van der Waals surface area contributed by atoms with Gasteiger partial charge in [-0.25, -0.2) is 0 Å². The number of anilines is 3. The Labute approximate surface area is 316 Å². The summed E-state index contributed by atoms with van der Waals surface area (Å²) in [5.74, 6) is 0. The second-order valence-electron chi connectivity index (χ2n) is 13.2. The van der Waals surface area contributed by atoms with Crippen LogP contribution in [0.25, 0.3) is 82.1 Å². The lowest BCUT2D eigenvalue weighted by Crippen LogP contribution is -2.12. The molecule has 0 saturated heterocycles. The molecule has 0 amide bonds. The number of nitrogens with zero attached hydrogens (tertiary/aromatic N) is 2. The highest BCUT2D eigenvalue weighted by Gasteiger charge is 2.22. The van der Waals surface area contributed by atoms with Crippen LogP contribution in [0, 0.1) is 0 Å². The molecule has 248 valence electrons. The zero-order valence-corrected chi connectivity index (χ0v) is 28.2. The molecule has 0 N–H and O–H groups in total. The molecule has 0 atom stereocenters. The number of aromatic nitrogens is 1. The van der Waals surface area contributed by atoms with Crippen LogP contribution in [0.2, 0.25) is 0 Å². The van der Waals surface area contributed by atoms with Crippen LogP contribution >= 0.6 is 0 Å². The number of fused-ring (bicyclic) bond motifs is 9. The quantitative estimate of drug-likeness (QED) is 0.180. The summed E-state index contributed by atoms with van der Waals surface area (Å²) in [6, 6.07) is 47.3. The Hall–Kier alpha value is -7.10. The molecule has 2 heterocycles. The van der Waals surface area contributed by atoms with E-state index in [4.69, 9.17) is 11.3 Å². The zero-order chi connectivity index (χ0) is 41.0. The molecule has 0 spiro atoms. The van der Waals surface area contributed by atoms with Crippen LogP contribution in [0.15, 0.2) is 198 Å². The molecule has 0 aliphatic rings. The second-order valence-corrected chi connectivity index (χ2v) is 13.2. The Morgan fingerprint density at radius 2 is 1.06 bits per heavy atom. The van der Waals surface area contributed by atoms with Crippen molar-refractivity contribution in [2.45, 2.75) is 0 Å². The van der Waals surface area contributed by atoms with E-state index in [0.29, 0.717) is 17.0 Å². The first-order chi connectivity index (χ1) is 29.2. The van der Waals surface area contributed by atoms with Crippen LogP contribution in [-0.2, 0) is 0 Å². The van der Waals surface area contributed by atoms with Crippen molar-refractivity contribution in [3.63, 3.8) is 0 Å². The van der Waals surface area contributed by atoms with Crippen LogP contribution < -0.4 is 4.90 Å². The fourth-order valence-corrected chi connectivity index (χ4v) is 7.94. The average Bonchev–Trinajstić information content (AvgIpc) is 3.84. The molecule has 0 unspecified atom stereocenters. The van der Waals surface area contributed by atoms with E-state index in [9.17, 15) is 2.74 Å². The summed E-state index contributed by atoms with van der Waals surface area (Å²) in [6.07, 6.45) is 0. The van der Waals surface area contributed by atoms with E-state index < -0.39 is 36.3 Å². The van der Waals surface area contributed by atoms with Crippen molar-refractivity contribution in [2.24, 2.45) is 0 Å². The van der Waals surface area contributed by atoms with Crippen molar-refractivity contribution in [3.8, 4) is 16.8 Å². The molecular weight excluding hydrogens is 645 g/mol. The average molecular weight is 684 g/mol. The lowest BCUT2D eigenvalue weighted by Gasteiger charge is -2.29. The molecule has 9 aromatic carbocycles. The van der Waals surface area contributed by atoms with E-state index in [1.165, 1.54) is 0 Å². The summed E-state index contributed by atoms with van der Waals surface area (Å²) in [5.41, 5.74) is 7.14. The molecule has 3 nitrogen and oxygen atoms in total. The van der Waals surface area contributed by atoms with Gasteiger partial charge in [0.25, 0.3) is 0 Å². The number of rotatable bonds is 5. The van der Waals surface area contributed by atoms with Gasteiger partial charge in [0.15, 0.2) is 0 Å². The van der Waals surface area contributed by atoms with Crippen molar-refractivity contribution in [2.75, 3.05) is 4.90 Å². The predicted octanol–water partition coefficient (Wildman–Crippen LogP) is 14.1. The van der Waals surface area contributed by atoms with Gasteiger partial charge in [0.2, 0.25) is 0 Å². The van der Waals surface area contributed by atoms with Gasteiger partial charge in [0.05, 0.1) is 32.0 Å². The molecule has 0 fully saturated rings. The van der Waals surface area contributed by atoms with E-state index in [0.717, 1.165) is 65.7 Å². The van der Waals surface area contributed by atoms with Crippen molar-refractivity contribution in [1.82, 2.24) is 4.57 Å². The largest absolute Gasteiger partial charge is 0.455 e. The second kappa shape index (κ2) is 11.7. The first kappa shape index (κ1) is 23.4. The number of furan rings is 1. The highest BCUT2D eigenvalue weighted by atomic mass is 16.3. The van der Waals surface area contributed by atoms with E-state index >= 15 is 0 Å². The van der Waals surface area contributed by atoms with Gasteiger partial charge in [-0.2, -0.15) is 0 Å². The van der Waals surface area contributed by atoms with Crippen LogP contribution in [0.5, 0.6) is 0 Å². The number of hydrogen-bond acceptors (Lipinski definition) is 2. The monoisotopic (exact) mass is 683 g/mol. The number of para-hydroxylation sites is 4. The molecule has 0 bridgehead atoms. The summed E-state index contributed by atoms with van der Waals surface area (Å²) in [6.45, 7) is 0. The fraction of sp³-hybridized carbons (Fsp3) is 0. The molecule has 0 aliphatic heterocycles. The lowest BCUT2D eigenvalue weighted by atomic mass is 9.98. The van der Waals surface area contributed by atoms with E-state index in [-0.39, 0.29) is 22.5 Å². The van der Waals surface area contributed by atoms with Crippen molar-refractivity contribution >= 4 is 82.4 Å². The van der Waals surface area contributed by atoms with Gasteiger partial charge in [-0.1, -0.05) is 139 Å². The minimum Gasteiger partial charge on any atom is -0.455 e. The first-order valence-corrected chi connectivity index (χ1v) is 17.5.